The Kier molecular flexibility index (Phi) is 8.11. The molecule has 194 valence electrons. The van der Waals surface area contributed by atoms with E-state index >= 15 is 0 Å². The number of carbonyl (C=O) groups excluding carboxylic acids is 2. The minimum absolute atomic E-state index is 0.0212. The van der Waals surface area contributed by atoms with Gasteiger partial charge in [0.15, 0.2) is 6.04 Å². The number of aryl methyl sites for hydroxylation is 1. The fourth-order valence-electron chi connectivity index (χ4n) is 3.74. The number of furan rings is 2. The molecular formula is C26H29FN6O4. The van der Waals surface area contributed by atoms with Crippen LogP contribution in [0.5, 0.6) is 0 Å². The molecule has 10 nitrogen and oxygen atoms in total. The highest BCUT2D eigenvalue weighted by atomic mass is 19.1. The van der Waals surface area contributed by atoms with Gasteiger partial charge in [-0.3, -0.25) is 9.59 Å². The Morgan fingerprint density at radius 3 is 2.57 bits per heavy atom. The number of aromatic nitrogens is 4. The molecule has 0 aliphatic carbocycles. The van der Waals surface area contributed by atoms with Crippen LogP contribution in [0, 0.1) is 18.7 Å². The first kappa shape index (κ1) is 25.8. The molecule has 4 rings (SSSR count). The lowest BCUT2D eigenvalue weighted by Gasteiger charge is -2.29. The number of benzene rings is 1. The number of hydrogen-bond acceptors (Lipinski definition) is 7. The van der Waals surface area contributed by atoms with E-state index in [1.807, 2.05) is 0 Å². The number of rotatable bonds is 11. The smallest absolute Gasteiger partial charge is 0.250 e. The molecule has 0 spiro atoms. The first-order valence-corrected chi connectivity index (χ1v) is 12.0. The van der Waals surface area contributed by atoms with Gasteiger partial charge < -0.3 is 19.1 Å². The number of nitrogens with one attached hydrogen (secondary N) is 1. The third kappa shape index (κ3) is 6.69. The van der Waals surface area contributed by atoms with Crippen molar-refractivity contribution < 1.29 is 22.8 Å². The Labute approximate surface area is 213 Å². The van der Waals surface area contributed by atoms with Gasteiger partial charge in [-0.2, -0.15) is 4.80 Å². The van der Waals surface area contributed by atoms with Gasteiger partial charge in [-0.05, 0) is 73.0 Å². The molecule has 11 heteroatoms. The minimum Gasteiger partial charge on any atom is -0.467 e. The third-order valence-electron chi connectivity index (χ3n) is 5.67. The average molecular weight is 509 g/mol. The second-order valence-electron chi connectivity index (χ2n) is 9.08. The maximum Gasteiger partial charge on any atom is 0.250 e. The lowest BCUT2D eigenvalue weighted by atomic mass is 10.1. The standard InChI is InChI=1S/C26H29FN6O4/c1-17(2)12-13-28-26(35)24(22-11-6-18(3)37-22)32(15-21-5-4-14-36-21)23(34)16-33-30-25(29-31-33)19-7-9-20(27)10-8-19/h4-11,14,17,24H,12-13,15-16H2,1-3H3,(H,28,35). The molecule has 0 fully saturated rings. The van der Waals surface area contributed by atoms with Gasteiger partial charge in [0, 0.05) is 12.1 Å². The Balaban J connectivity index is 1.60. The molecule has 3 heterocycles. The lowest BCUT2D eigenvalue weighted by Crippen LogP contribution is -2.45. The second kappa shape index (κ2) is 11.6. The average Bonchev–Trinajstić information content (AvgIpc) is 3.62. The quantitative estimate of drug-likeness (QED) is 0.326. The summed E-state index contributed by atoms with van der Waals surface area (Å²) in [6.45, 7) is 6.10. The fraction of sp³-hybridized carbons (Fsp3) is 0.346. The molecule has 1 aromatic carbocycles. The van der Waals surface area contributed by atoms with Gasteiger partial charge in [0.1, 0.15) is 29.6 Å². The Morgan fingerprint density at radius 2 is 1.92 bits per heavy atom. The summed E-state index contributed by atoms with van der Waals surface area (Å²) in [5.74, 6) is 0.890. The van der Waals surface area contributed by atoms with E-state index in [1.54, 1.807) is 31.2 Å². The van der Waals surface area contributed by atoms with Gasteiger partial charge in [0.25, 0.3) is 5.91 Å². The Bertz CT molecular complexity index is 1310. The van der Waals surface area contributed by atoms with Crippen LogP contribution in [0.1, 0.15) is 43.6 Å². The number of halogens is 1. The second-order valence-corrected chi connectivity index (χ2v) is 9.08. The zero-order chi connectivity index (χ0) is 26.4. The van der Waals surface area contributed by atoms with Crippen molar-refractivity contribution >= 4 is 11.8 Å². The van der Waals surface area contributed by atoms with Crippen molar-refractivity contribution in [3.63, 3.8) is 0 Å². The largest absolute Gasteiger partial charge is 0.467 e. The highest BCUT2D eigenvalue weighted by Crippen LogP contribution is 2.26. The van der Waals surface area contributed by atoms with Gasteiger partial charge in [0.05, 0.1) is 12.8 Å². The summed E-state index contributed by atoms with van der Waals surface area (Å²) >= 11 is 0. The Hall–Kier alpha value is -4.28. The van der Waals surface area contributed by atoms with Crippen molar-refractivity contribution in [1.82, 2.24) is 30.4 Å². The van der Waals surface area contributed by atoms with Crippen molar-refractivity contribution in [3.05, 3.63) is 77.9 Å². The molecule has 37 heavy (non-hydrogen) atoms. The lowest BCUT2D eigenvalue weighted by molar-refractivity contribution is -0.143. The van der Waals surface area contributed by atoms with Crippen LogP contribution in [0.25, 0.3) is 11.4 Å². The van der Waals surface area contributed by atoms with Crippen LogP contribution in [0.15, 0.2) is 63.6 Å². The normalized spacial score (nSPS) is 12.0. The summed E-state index contributed by atoms with van der Waals surface area (Å²) in [6.07, 6.45) is 2.29. The van der Waals surface area contributed by atoms with Gasteiger partial charge in [-0.1, -0.05) is 13.8 Å². The van der Waals surface area contributed by atoms with Gasteiger partial charge in [-0.15, -0.1) is 10.2 Å². The number of carbonyl (C=O) groups is 2. The maximum absolute atomic E-state index is 13.6. The summed E-state index contributed by atoms with van der Waals surface area (Å²) in [4.78, 5) is 29.5. The molecule has 0 saturated heterocycles. The molecule has 0 aliphatic rings. The van der Waals surface area contributed by atoms with Gasteiger partial charge >= 0.3 is 0 Å². The molecule has 1 atom stereocenters. The van der Waals surface area contributed by atoms with E-state index in [0.29, 0.717) is 35.3 Å². The zero-order valence-corrected chi connectivity index (χ0v) is 20.9. The zero-order valence-electron chi connectivity index (χ0n) is 20.9. The summed E-state index contributed by atoms with van der Waals surface area (Å²) < 4.78 is 24.5. The molecule has 2 amide bonds. The maximum atomic E-state index is 13.6. The van der Waals surface area contributed by atoms with E-state index in [2.05, 4.69) is 34.6 Å². The topological polar surface area (TPSA) is 119 Å². The number of hydrogen-bond donors (Lipinski definition) is 1. The minimum atomic E-state index is -1.04. The van der Waals surface area contributed by atoms with E-state index in [0.717, 1.165) is 11.2 Å². The number of amides is 2. The van der Waals surface area contributed by atoms with Crippen LogP contribution in [-0.4, -0.2) is 43.5 Å². The van der Waals surface area contributed by atoms with Crippen LogP contribution in [0.3, 0.4) is 0 Å². The predicted octanol–water partition coefficient (Wildman–Crippen LogP) is 3.91. The Morgan fingerprint density at radius 1 is 1.14 bits per heavy atom. The van der Waals surface area contributed by atoms with Crippen LogP contribution in [-0.2, 0) is 22.7 Å². The molecular weight excluding hydrogens is 479 g/mol. The first-order valence-electron chi connectivity index (χ1n) is 12.0. The molecule has 0 aliphatic heterocycles. The van der Waals surface area contributed by atoms with Crippen molar-refractivity contribution in [2.75, 3.05) is 6.54 Å². The van der Waals surface area contributed by atoms with Gasteiger partial charge in [0.2, 0.25) is 11.7 Å². The molecule has 1 N–H and O–H groups in total. The molecule has 0 radical (unpaired) electrons. The summed E-state index contributed by atoms with van der Waals surface area (Å²) in [7, 11) is 0. The van der Waals surface area contributed by atoms with Gasteiger partial charge in [-0.25, -0.2) is 4.39 Å². The van der Waals surface area contributed by atoms with Crippen molar-refractivity contribution in [1.29, 1.82) is 0 Å². The summed E-state index contributed by atoms with van der Waals surface area (Å²) in [5, 5.41) is 15.1. The monoisotopic (exact) mass is 508 g/mol. The van der Waals surface area contributed by atoms with Crippen LogP contribution in [0.4, 0.5) is 4.39 Å². The van der Waals surface area contributed by atoms with Crippen LogP contribution >= 0.6 is 0 Å². The van der Waals surface area contributed by atoms with E-state index < -0.39 is 11.9 Å². The molecule has 4 aromatic rings. The van der Waals surface area contributed by atoms with E-state index in [-0.39, 0.29) is 30.6 Å². The molecule has 3 aromatic heterocycles. The van der Waals surface area contributed by atoms with E-state index in [4.69, 9.17) is 8.83 Å². The van der Waals surface area contributed by atoms with Crippen LogP contribution < -0.4 is 5.32 Å². The predicted molar refractivity (Wildman–Crippen MR) is 131 cm³/mol. The SMILES string of the molecule is Cc1ccc(C(C(=O)NCCC(C)C)N(Cc2ccco2)C(=O)Cn2nnc(-c3ccc(F)cc3)n2)o1. The highest BCUT2D eigenvalue weighted by Gasteiger charge is 2.35. The third-order valence-corrected chi connectivity index (χ3v) is 5.67. The van der Waals surface area contributed by atoms with Crippen LogP contribution in [0.2, 0.25) is 0 Å². The van der Waals surface area contributed by atoms with E-state index in [9.17, 15) is 14.0 Å². The molecule has 0 bridgehead atoms. The fourth-order valence-corrected chi connectivity index (χ4v) is 3.74. The van der Waals surface area contributed by atoms with E-state index in [1.165, 1.54) is 35.4 Å². The summed E-state index contributed by atoms with van der Waals surface area (Å²) in [5.41, 5.74) is 0.556. The number of nitrogens with zero attached hydrogens (tertiary/aromatic N) is 5. The summed E-state index contributed by atoms with van der Waals surface area (Å²) in [6, 6.07) is 11.5. The number of tetrazole rings is 1. The first-order chi connectivity index (χ1) is 17.8. The van der Waals surface area contributed by atoms with Crippen molar-refractivity contribution in [3.8, 4) is 11.4 Å². The van der Waals surface area contributed by atoms with Crippen molar-refractivity contribution in [2.45, 2.75) is 46.3 Å². The molecule has 1 unspecified atom stereocenters. The highest BCUT2D eigenvalue weighted by molar-refractivity contribution is 5.88. The van der Waals surface area contributed by atoms with Crippen molar-refractivity contribution in [2.24, 2.45) is 5.92 Å². The molecule has 0 saturated carbocycles.